The molecule has 0 unspecified atom stereocenters. The minimum absolute atomic E-state index is 0.623. The van der Waals surface area contributed by atoms with E-state index < -0.39 is 0 Å². The zero-order valence-corrected chi connectivity index (χ0v) is 11.9. The zero-order valence-electron chi connectivity index (χ0n) is 11.1. The number of imidazole rings is 1. The first-order valence-corrected chi connectivity index (χ1v) is 7.86. The van der Waals surface area contributed by atoms with Crippen molar-refractivity contribution >= 4 is 17.6 Å². The SMILES string of the molecule is CSCCc1nc(C2CC2)n(CC(C)C)c1N. The topological polar surface area (TPSA) is 43.8 Å². The normalized spacial score (nSPS) is 15.8. The van der Waals surface area contributed by atoms with Crippen molar-refractivity contribution in [1.82, 2.24) is 9.55 Å². The van der Waals surface area contributed by atoms with Crippen molar-refractivity contribution in [2.24, 2.45) is 5.92 Å². The highest BCUT2D eigenvalue weighted by molar-refractivity contribution is 7.98. The molecule has 1 heterocycles. The largest absolute Gasteiger partial charge is 0.384 e. The second-order valence-electron chi connectivity index (χ2n) is 5.32. The summed E-state index contributed by atoms with van der Waals surface area (Å²) in [6.45, 7) is 5.47. The van der Waals surface area contributed by atoms with Crippen LogP contribution in [0.5, 0.6) is 0 Å². The van der Waals surface area contributed by atoms with Gasteiger partial charge < -0.3 is 10.3 Å². The van der Waals surface area contributed by atoms with E-state index in [1.165, 1.54) is 18.7 Å². The zero-order chi connectivity index (χ0) is 12.4. The van der Waals surface area contributed by atoms with E-state index in [-0.39, 0.29) is 0 Å². The van der Waals surface area contributed by atoms with Gasteiger partial charge in [-0.25, -0.2) is 4.98 Å². The number of nitrogen functional groups attached to an aromatic ring is 1. The molecule has 0 atom stereocenters. The molecule has 0 aromatic carbocycles. The van der Waals surface area contributed by atoms with Gasteiger partial charge in [-0.2, -0.15) is 11.8 Å². The minimum atomic E-state index is 0.623. The van der Waals surface area contributed by atoms with E-state index in [2.05, 4.69) is 24.7 Å². The lowest BCUT2D eigenvalue weighted by Crippen LogP contribution is -2.11. The molecular weight excluding hydrogens is 230 g/mol. The molecule has 96 valence electrons. The van der Waals surface area contributed by atoms with Crippen LogP contribution in [0.2, 0.25) is 0 Å². The van der Waals surface area contributed by atoms with Crippen molar-refractivity contribution in [2.75, 3.05) is 17.7 Å². The molecule has 1 aliphatic carbocycles. The van der Waals surface area contributed by atoms with Crippen LogP contribution in [0.3, 0.4) is 0 Å². The fraction of sp³-hybridized carbons (Fsp3) is 0.769. The Morgan fingerprint density at radius 3 is 2.71 bits per heavy atom. The van der Waals surface area contributed by atoms with Crippen LogP contribution in [-0.4, -0.2) is 21.6 Å². The molecule has 0 saturated heterocycles. The molecule has 0 spiro atoms. The molecule has 4 heteroatoms. The number of nitrogens with zero attached hydrogens (tertiary/aromatic N) is 2. The molecule has 17 heavy (non-hydrogen) atoms. The van der Waals surface area contributed by atoms with Crippen LogP contribution in [0.15, 0.2) is 0 Å². The van der Waals surface area contributed by atoms with Crippen molar-refractivity contribution in [1.29, 1.82) is 0 Å². The van der Waals surface area contributed by atoms with Crippen LogP contribution >= 0.6 is 11.8 Å². The van der Waals surface area contributed by atoms with Gasteiger partial charge in [0, 0.05) is 18.9 Å². The molecule has 1 fully saturated rings. The molecule has 1 aromatic rings. The second-order valence-corrected chi connectivity index (χ2v) is 6.31. The van der Waals surface area contributed by atoms with Gasteiger partial charge in [0.05, 0.1) is 5.69 Å². The summed E-state index contributed by atoms with van der Waals surface area (Å²) in [6, 6.07) is 0. The van der Waals surface area contributed by atoms with Crippen molar-refractivity contribution in [3.63, 3.8) is 0 Å². The first-order chi connectivity index (χ1) is 8.13. The van der Waals surface area contributed by atoms with E-state index in [1.807, 2.05) is 11.8 Å². The highest BCUT2D eigenvalue weighted by atomic mass is 32.2. The van der Waals surface area contributed by atoms with Crippen molar-refractivity contribution < 1.29 is 0 Å². The highest BCUT2D eigenvalue weighted by Gasteiger charge is 2.30. The molecule has 0 amide bonds. The van der Waals surface area contributed by atoms with E-state index in [0.717, 1.165) is 30.2 Å². The monoisotopic (exact) mass is 253 g/mol. The molecule has 1 aromatic heterocycles. The molecule has 2 N–H and O–H groups in total. The summed E-state index contributed by atoms with van der Waals surface area (Å²) in [5.41, 5.74) is 7.36. The van der Waals surface area contributed by atoms with Gasteiger partial charge >= 0.3 is 0 Å². The van der Waals surface area contributed by atoms with Gasteiger partial charge in [-0.3, -0.25) is 0 Å². The van der Waals surface area contributed by atoms with Crippen LogP contribution < -0.4 is 5.73 Å². The quantitative estimate of drug-likeness (QED) is 0.847. The number of aromatic nitrogens is 2. The number of aryl methyl sites for hydroxylation is 1. The number of hydrogen-bond donors (Lipinski definition) is 1. The van der Waals surface area contributed by atoms with Crippen LogP contribution in [0, 0.1) is 5.92 Å². The van der Waals surface area contributed by atoms with Gasteiger partial charge in [0.15, 0.2) is 0 Å². The van der Waals surface area contributed by atoms with Crippen LogP contribution in [0.4, 0.5) is 5.82 Å². The van der Waals surface area contributed by atoms with Crippen LogP contribution in [-0.2, 0) is 13.0 Å². The molecular formula is C13H23N3S. The van der Waals surface area contributed by atoms with Gasteiger partial charge in [0.25, 0.3) is 0 Å². The summed E-state index contributed by atoms with van der Waals surface area (Å²) in [7, 11) is 0. The third-order valence-electron chi connectivity index (χ3n) is 3.15. The Morgan fingerprint density at radius 2 is 2.18 bits per heavy atom. The van der Waals surface area contributed by atoms with Crippen molar-refractivity contribution in [3.8, 4) is 0 Å². The maximum absolute atomic E-state index is 6.25. The lowest BCUT2D eigenvalue weighted by molar-refractivity contribution is 0.512. The second kappa shape index (κ2) is 5.34. The first kappa shape index (κ1) is 12.8. The number of nitrogens with two attached hydrogens (primary N) is 1. The van der Waals surface area contributed by atoms with Gasteiger partial charge in [-0.1, -0.05) is 13.8 Å². The predicted molar refractivity (Wildman–Crippen MR) is 75.5 cm³/mol. The predicted octanol–water partition coefficient (Wildman–Crippen LogP) is 2.90. The minimum Gasteiger partial charge on any atom is -0.384 e. The van der Waals surface area contributed by atoms with Crippen LogP contribution in [0.1, 0.15) is 44.1 Å². The van der Waals surface area contributed by atoms with Gasteiger partial charge in [0.2, 0.25) is 0 Å². The number of anilines is 1. The standard InChI is InChI=1S/C13H23N3S/c1-9(2)8-16-12(14)11(6-7-17-3)15-13(16)10-4-5-10/h9-10H,4-8,14H2,1-3H3. The third kappa shape index (κ3) is 2.97. The summed E-state index contributed by atoms with van der Waals surface area (Å²) >= 11 is 1.85. The van der Waals surface area contributed by atoms with Gasteiger partial charge in [0.1, 0.15) is 11.6 Å². The lowest BCUT2D eigenvalue weighted by Gasteiger charge is -2.11. The Labute approximate surface area is 108 Å². The lowest BCUT2D eigenvalue weighted by atomic mass is 10.2. The van der Waals surface area contributed by atoms with Gasteiger partial charge in [-0.05, 0) is 30.8 Å². The van der Waals surface area contributed by atoms with Crippen LogP contribution in [0.25, 0.3) is 0 Å². The van der Waals surface area contributed by atoms with Gasteiger partial charge in [-0.15, -0.1) is 0 Å². The Hall–Kier alpha value is -0.640. The molecule has 0 aliphatic heterocycles. The smallest absolute Gasteiger partial charge is 0.126 e. The van der Waals surface area contributed by atoms with E-state index in [4.69, 9.17) is 10.7 Å². The molecule has 1 saturated carbocycles. The summed E-state index contributed by atoms with van der Waals surface area (Å²) in [5, 5.41) is 0. The Balaban J connectivity index is 2.23. The average Bonchev–Trinajstić information content (AvgIpc) is 3.06. The molecule has 0 radical (unpaired) electrons. The Bertz CT molecular complexity index is 380. The maximum atomic E-state index is 6.25. The summed E-state index contributed by atoms with van der Waals surface area (Å²) in [6.07, 6.45) is 5.70. The summed E-state index contributed by atoms with van der Waals surface area (Å²) in [5.74, 6) is 4.56. The number of rotatable bonds is 6. The summed E-state index contributed by atoms with van der Waals surface area (Å²) < 4.78 is 2.26. The number of hydrogen-bond acceptors (Lipinski definition) is 3. The van der Waals surface area contributed by atoms with E-state index in [1.54, 1.807) is 0 Å². The fourth-order valence-electron chi connectivity index (χ4n) is 2.13. The Kier molecular flexibility index (Phi) is 4.02. The van der Waals surface area contributed by atoms with E-state index >= 15 is 0 Å². The molecule has 2 rings (SSSR count). The third-order valence-corrected chi connectivity index (χ3v) is 3.76. The van der Waals surface area contributed by atoms with Crippen molar-refractivity contribution in [2.45, 2.75) is 45.6 Å². The number of thioether (sulfide) groups is 1. The highest BCUT2D eigenvalue weighted by Crippen LogP contribution is 2.41. The molecule has 0 bridgehead atoms. The fourth-order valence-corrected chi connectivity index (χ4v) is 2.53. The first-order valence-electron chi connectivity index (χ1n) is 6.47. The Morgan fingerprint density at radius 1 is 1.47 bits per heavy atom. The summed E-state index contributed by atoms with van der Waals surface area (Å²) in [4.78, 5) is 4.79. The maximum Gasteiger partial charge on any atom is 0.126 e. The average molecular weight is 253 g/mol. The molecule has 1 aliphatic rings. The van der Waals surface area contributed by atoms with Crippen molar-refractivity contribution in [3.05, 3.63) is 11.5 Å². The molecule has 3 nitrogen and oxygen atoms in total. The van der Waals surface area contributed by atoms with E-state index in [9.17, 15) is 0 Å². The van der Waals surface area contributed by atoms with E-state index in [0.29, 0.717) is 11.8 Å².